The molecule has 1 aromatic carbocycles. The molecule has 1 amide bonds. The smallest absolute Gasteiger partial charge is 0.239 e. The van der Waals surface area contributed by atoms with Gasteiger partial charge < -0.3 is 10.5 Å². The highest BCUT2D eigenvalue weighted by Crippen LogP contribution is 2.69. The average Bonchev–Trinajstić information content (AvgIpc) is 2.79. The van der Waals surface area contributed by atoms with Crippen molar-refractivity contribution in [1.29, 1.82) is 0 Å². The van der Waals surface area contributed by atoms with Crippen molar-refractivity contribution in [2.24, 2.45) is 21.4 Å². The van der Waals surface area contributed by atoms with E-state index in [1.54, 1.807) is 0 Å². The first-order valence-corrected chi connectivity index (χ1v) is 8.28. The lowest BCUT2D eigenvalue weighted by Gasteiger charge is -2.37. The van der Waals surface area contributed by atoms with Gasteiger partial charge in [0.05, 0.1) is 0 Å². The first kappa shape index (κ1) is 16.7. The number of Topliss-reactive ketones (excluding diaryl/α,β-unsaturated/α-hetero) is 1. The standard InChI is InChI=1S/C19H24N2O3/c1-11-6-7-12(2)13(10-11)20-16(23)19-9-8-18(5,17(19,3)4)14(21-24)15(19)22/h6-7,10,24H,8-9H2,1-5H3,(H,20,23)/b21-14+. The summed E-state index contributed by atoms with van der Waals surface area (Å²) < 4.78 is 0. The number of carbonyl (C=O) groups is 2. The van der Waals surface area contributed by atoms with E-state index in [9.17, 15) is 14.8 Å². The summed E-state index contributed by atoms with van der Waals surface area (Å²) >= 11 is 0. The molecule has 5 nitrogen and oxygen atoms in total. The molecule has 0 spiro atoms. The largest absolute Gasteiger partial charge is 0.411 e. The van der Waals surface area contributed by atoms with E-state index in [1.165, 1.54) is 0 Å². The van der Waals surface area contributed by atoms with Gasteiger partial charge in [-0.1, -0.05) is 38.1 Å². The van der Waals surface area contributed by atoms with Crippen molar-refractivity contribution >= 4 is 23.1 Å². The molecule has 1 aromatic rings. The zero-order valence-electron chi connectivity index (χ0n) is 14.9. The summed E-state index contributed by atoms with van der Waals surface area (Å²) in [6, 6.07) is 5.84. The molecule has 0 aromatic heterocycles. The van der Waals surface area contributed by atoms with Crippen molar-refractivity contribution in [2.75, 3.05) is 5.32 Å². The molecule has 2 N–H and O–H groups in total. The first-order chi connectivity index (χ1) is 11.1. The Morgan fingerprint density at radius 2 is 1.88 bits per heavy atom. The Labute approximate surface area is 142 Å². The Morgan fingerprint density at radius 3 is 2.46 bits per heavy atom. The van der Waals surface area contributed by atoms with Crippen molar-refractivity contribution in [3.63, 3.8) is 0 Å². The van der Waals surface area contributed by atoms with Gasteiger partial charge in [0, 0.05) is 11.1 Å². The third-order valence-electron chi connectivity index (χ3n) is 6.70. The minimum absolute atomic E-state index is 0.134. The number of rotatable bonds is 2. The first-order valence-electron chi connectivity index (χ1n) is 8.28. The van der Waals surface area contributed by atoms with Crippen LogP contribution in [0.4, 0.5) is 5.69 Å². The molecule has 2 aliphatic rings. The second-order valence-corrected chi connectivity index (χ2v) is 7.91. The van der Waals surface area contributed by atoms with Crippen molar-refractivity contribution < 1.29 is 14.8 Å². The number of nitrogens with one attached hydrogen (secondary N) is 1. The molecule has 0 heterocycles. The van der Waals surface area contributed by atoms with Crippen LogP contribution in [0.1, 0.15) is 44.7 Å². The van der Waals surface area contributed by atoms with Gasteiger partial charge in [0.25, 0.3) is 0 Å². The third-order valence-corrected chi connectivity index (χ3v) is 6.70. The minimum Gasteiger partial charge on any atom is -0.411 e. The van der Waals surface area contributed by atoms with E-state index in [-0.39, 0.29) is 17.4 Å². The van der Waals surface area contributed by atoms with Crippen LogP contribution >= 0.6 is 0 Å². The van der Waals surface area contributed by atoms with Gasteiger partial charge in [-0.3, -0.25) is 9.59 Å². The molecular formula is C19H24N2O3. The van der Waals surface area contributed by atoms with Gasteiger partial charge in [-0.15, -0.1) is 0 Å². The molecule has 0 aliphatic heterocycles. The van der Waals surface area contributed by atoms with E-state index in [4.69, 9.17) is 0 Å². The van der Waals surface area contributed by atoms with Gasteiger partial charge in [0.15, 0.2) is 5.78 Å². The predicted octanol–water partition coefficient (Wildman–Crippen LogP) is 3.47. The molecule has 2 atom stereocenters. The molecule has 2 aliphatic carbocycles. The molecule has 2 saturated carbocycles. The summed E-state index contributed by atoms with van der Waals surface area (Å²) in [4.78, 5) is 26.2. The Balaban J connectivity index is 2.06. The number of hydrogen-bond donors (Lipinski definition) is 2. The molecule has 2 bridgehead atoms. The summed E-state index contributed by atoms with van der Waals surface area (Å²) in [7, 11) is 0. The molecule has 0 saturated heterocycles. The Morgan fingerprint density at radius 1 is 1.21 bits per heavy atom. The van der Waals surface area contributed by atoms with Gasteiger partial charge in [0.1, 0.15) is 11.1 Å². The maximum atomic E-state index is 13.2. The quantitative estimate of drug-likeness (QED) is 0.496. The Bertz CT molecular complexity index is 781. The summed E-state index contributed by atoms with van der Waals surface area (Å²) in [6.45, 7) is 9.66. The van der Waals surface area contributed by atoms with E-state index < -0.39 is 16.2 Å². The van der Waals surface area contributed by atoms with Gasteiger partial charge >= 0.3 is 0 Å². The number of carbonyl (C=O) groups excluding carboxylic acids is 2. The minimum atomic E-state index is -1.18. The zero-order chi connectivity index (χ0) is 17.9. The highest BCUT2D eigenvalue weighted by molar-refractivity contribution is 6.51. The van der Waals surface area contributed by atoms with Gasteiger partial charge in [-0.25, -0.2) is 0 Å². The number of ketones is 1. The fraction of sp³-hybridized carbons (Fsp3) is 0.526. The lowest BCUT2D eigenvalue weighted by Crippen LogP contribution is -2.47. The molecule has 24 heavy (non-hydrogen) atoms. The van der Waals surface area contributed by atoms with Crippen LogP contribution < -0.4 is 5.32 Å². The fourth-order valence-electron chi connectivity index (χ4n) is 4.55. The monoisotopic (exact) mass is 328 g/mol. The molecule has 5 heteroatoms. The molecular weight excluding hydrogens is 304 g/mol. The van der Waals surface area contributed by atoms with Crippen LogP contribution in [0.15, 0.2) is 23.4 Å². The van der Waals surface area contributed by atoms with Gasteiger partial charge in [-0.05, 0) is 49.3 Å². The second kappa shape index (κ2) is 4.91. The molecule has 0 radical (unpaired) electrons. The van der Waals surface area contributed by atoms with Crippen LogP contribution in [0.5, 0.6) is 0 Å². The number of nitrogens with zero attached hydrogens (tertiary/aromatic N) is 1. The van der Waals surface area contributed by atoms with Crippen LogP contribution in [0, 0.1) is 30.1 Å². The zero-order valence-corrected chi connectivity index (χ0v) is 14.9. The number of amides is 1. The highest BCUT2D eigenvalue weighted by atomic mass is 16.4. The predicted molar refractivity (Wildman–Crippen MR) is 92.3 cm³/mol. The SMILES string of the molecule is Cc1ccc(C)c(NC(=O)C23CCC(C)(/C(=N/O)C2=O)C3(C)C)c1. The maximum absolute atomic E-state index is 13.2. The van der Waals surface area contributed by atoms with E-state index in [0.717, 1.165) is 16.8 Å². The summed E-state index contributed by atoms with van der Waals surface area (Å²) in [5.41, 5.74) is 0.471. The van der Waals surface area contributed by atoms with Gasteiger partial charge in [-0.2, -0.15) is 0 Å². The van der Waals surface area contributed by atoms with Crippen LogP contribution in [0.25, 0.3) is 0 Å². The highest BCUT2D eigenvalue weighted by Gasteiger charge is 2.76. The number of fused-ring (bicyclic) bond motifs is 2. The van der Waals surface area contributed by atoms with E-state index in [0.29, 0.717) is 12.8 Å². The summed E-state index contributed by atoms with van der Waals surface area (Å²) in [5, 5.41) is 15.6. The lowest BCUT2D eigenvalue weighted by atomic mass is 9.64. The molecule has 128 valence electrons. The average molecular weight is 328 g/mol. The van der Waals surface area contributed by atoms with Crippen molar-refractivity contribution in [3.05, 3.63) is 29.3 Å². The summed E-state index contributed by atoms with van der Waals surface area (Å²) in [5.74, 6) is -0.639. The van der Waals surface area contributed by atoms with Crippen LogP contribution in [0.2, 0.25) is 0 Å². The number of hydrogen-bond acceptors (Lipinski definition) is 4. The molecule has 2 unspecified atom stereocenters. The van der Waals surface area contributed by atoms with Crippen molar-refractivity contribution in [3.8, 4) is 0 Å². The number of aryl methyl sites for hydroxylation is 2. The number of oxime groups is 1. The van der Waals surface area contributed by atoms with E-state index >= 15 is 0 Å². The molecule has 2 fully saturated rings. The molecule has 3 rings (SSSR count). The van der Waals surface area contributed by atoms with E-state index in [1.807, 2.05) is 52.8 Å². The summed E-state index contributed by atoms with van der Waals surface area (Å²) in [6.07, 6.45) is 1.14. The van der Waals surface area contributed by atoms with Crippen molar-refractivity contribution in [2.45, 2.75) is 47.5 Å². The Hall–Kier alpha value is -2.17. The number of anilines is 1. The third kappa shape index (κ3) is 1.73. The van der Waals surface area contributed by atoms with E-state index in [2.05, 4.69) is 10.5 Å². The van der Waals surface area contributed by atoms with Crippen molar-refractivity contribution in [1.82, 2.24) is 0 Å². The number of benzene rings is 1. The van der Waals surface area contributed by atoms with Crippen LogP contribution in [-0.2, 0) is 9.59 Å². The topological polar surface area (TPSA) is 78.8 Å². The maximum Gasteiger partial charge on any atom is 0.239 e. The van der Waals surface area contributed by atoms with Crippen LogP contribution in [-0.4, -0.2) is 22.6 Å². The fourth-order valence-corrected chi connectivity index (χ4v) is 4.55. The van der Waals surface area contributed by atoms with Gasteiger partial charge in [0.2, 0.25) is 5.91 Å². The Kier molecular flexibility index (Phi) is 3.41. The second-order valence-electron chi connectivity index (χ2n) is 7.91. The normalized spacial score (nSPS) is 32.4. The lowest BCUT2D eigenvalue weighted by molar-refractivity contribution is -0.140. The van der Waals surface area contributed by atoms with Crippen LogP contribution in [0.3, 0.4) is 0 Å².